The van der Waals surface area contributed by atoms with E-state index < -0.39 is 10.9 Å². The Labute approximate surface area is 121 Å². The lowest BCUT2D eigenvalue weighted by atomic mass is 10.1. The highest BCUT2D eigenvalue weighted by molar-refractivity contribution is 5.90. The lowest BCUT2D eigenvalue weighted by Crippen LogP contribution is -2.08. The standard InChI is InChI=1S/C15H14N2O4/c18-15(19)12-6-7-14(17(20)21)13(10-12)16-9-8-11-4-2-1-3-5-11/h1-7,10,16H,8-9H2,(H,18,19). The first-order chi connectivity index (χ1) is 10.1. The van der Waals surface area contributed by atoms with Crippen molar-refractivity contribution in [1.82, 2.24) is 0 Å². The van der Waals surface area contributed by atoms with E-state index in [0.717, 1.165) is 5.56 Å². The van der Waals surface area contributed by atoms with Gasteiger partial charge in [-0.15, -0.1) is 0 Å². The number of nitrogens with zero attached hydrogens (tertiary/aromatic N) is 1. The highest BCUT2D eigenvalue weighted by Crippen LogP contribution is 2.25. The number of anilines is 1. The van der Waals surface area contributed by atoms with Gasteiger partial charge in [-0.3, -0.25) is 10.1 Å². The summed E-state index contributed by atoms with van der Waals surface area (Å²) in [5, 5.41) is 22.8. The van der Waals surface area contributed by atoms with Gasteiger partial charge in [-0.2, -0.15) is 0 Å². The molecule has 2 aromatic carbocycles. The summed E-state index contributed by atoms with van der Waals surface area (Å²) in [6, 6.07) is 13.4. The molecule has 21 heavy (non-hydrogen) atoms. The van der Waals surface area contributed by atoms with E-state index in [-0.39, 0.29) is 16.9 Å². The van der Waals surface area contributed by atoms with Crippen molar-refractivity contribution < 1.29 is 14.8 Å². The van der Waals surface area contributed by atoms with Crippen LogP contribution in [0.5, 0.6) is 0 Å². The third-order valence-corrected chi connectivity index (χ3v) is 3.01. The molecule has 6 nitrogen and oxygen atoms in total. The zero-order valence-electron chi connectivity index (χ0n) is 11.2. The van der Waals surface area contributed by atoms with Crippen molar-refractivity contribution in [1.29, 1.82) is 0 Å². The van der Waals surface area contributed by atoms with Gasteiger partial charge in [0.05, 0.1) is 10.5 Å². The summed E-state index contributed by atoms with van der Waals surface area (Å²) in [6.07, 6.45) is 0.690. The van der Waals surface area contributed by atoms with Crippen molar-refractivity contribution >= 4 is 17.3 Å². The Morgan fingerprint density at radius 2 is 1.90 bits per heavy atom. The predicted molar refractivity (Wildman–Crippen MR) is 78.7 cm³/mol. The monoisotopic (exact) mass is 286 g/mol. The van der Waals surface area contributed by atoms with Gasteiger partial charge in [0.1, 0.15) is 5.69 Å². The number of benzene rings is 2. The lowest BCUT2D eigenvalue weighted by Gasteiger charge is -2.08. The summed E-state index contributed by atoms with van der Waals surface area (Å²) in [4.78, 5) is 21.4. The van der Waals surface area contributed by atoms with Crippen LogP contribution < -0.4 is 5.32 Å². The number of hydrogen-bond donors (Lipinski definition) is 2. The molecular weight excluding hydrogens is 272 g/mol. The minimum Gasteiger partial charge on any atom is -0.478 e. The van der Waals surface area contributed by atoms with E-state index in [9.17, 15) is 14.9 Å². The lowest BCUT2D eigenvalue weighted by molar-refractivity contribution is -0.384. The summed E-state index contributed by atoms with van der Waals surface area (Å²) in [6.45, 7) is 0.480. The molecule has 0 spiro atoms. The van der Waals surface area contributed by atoms with Gasteiger partial charge in [-0.1, -0.05) is 30.3 Å². The summed E-state index contributed by atoms with van der Waals surface area (Å²) in [5.41, 5.74) is 1.20. The molecule has 0 atom stereocenters. The second kappa shape index (κ2) is 6.51. The predicted octanol–water partition coefficient (Wildman–Crippen LogP) is 2.95. The SMILES string of the molecule is O=C(O)c1ccc([N+](=O)[O-])c(NCCc2ccccc2)c1. The molecule has 0 radical (unpaired) electrons. The topological polar surface area (TPSA) is 92.5 Å². The average molecular weight is 286 g/mol. The number of carbonyl (C=O) groups is 1. The minimum atomic E-state index is -1.11. The summed E-state index contributed by atoms with van der Waals surface area (Å²) >= 11 is 0. The molecule has 0 aliphatic carbocycles. The molecule has 0 saturated carbocycles. The van der Waals surface area contributed by atoms with Crippen LogP contribution in [0.1, 0.15) is 15.9 Å². The normalized spacial score (nSPS) is 10.1. The molecule has 0 fully saturated rings. The Kier molecular flexibility index (Phi) is 4.50. The van der Waals surface area contributed by atoms with Crippen molar-refractivity contribution in [2.24, 2.45) is 0 Å². The number of carboxylic acids is 1. The van der Waals surface area contributed by atoms with Gasteiger partial charge in [0.25, 0.3) is 5.69 Å². The fourth-order valence-corrected chi connectivity index (χ4v) is 1.96. The Bertz CT molecular complexity index is 656. The molecule has 2 aromatic rings. The van der Waals surface area contributed by atoms with Crippen LogP contribution >= 0.6 is 0 Å². The number of nitrogens with one attached hydrogen (secondary N) is 1. The van der Waals surface area contributed by atoms with Crippen LogP contribution in [0.2, 0.25) is 0 Å². The van der Waals surface area contributed by atoms with Crippen molar-refractivity contribution in [2.45, 2.75) is 6.42 Å². The quantitative estimate of drug-likeness (QED) is 0.629. The second-order valence-electron chi connectivity index (χ2n) is 4.46. The molecule has 2 rings (SSSR count). The number of hydrogen-bond acceptors (Lipinski definition) is 4. The van der Waals surface area contributed by atoms with Crippen molar-refractivity contribution in [2.75, 3.05) is 11.9 Å². The van der Waals surface area contributed by atoms with E-state index in [1.54, 1.807) is 0 Å². The maximum absolute atomic E-state index is 11.0. The van der Waals surface area contributed by atoms with Crippen LogP contribution in [0.4, 0.5) is 11.4 Å². The molecule has 0 saturated heterocycles. The minimum absolute atomic E-state index is 0.0165. The fourth-order valence-electron chi connectivity index (χ4n) is 1.96. The molecule has 0 aliphatic rings. The highest BCUT2D eigenvalue weighted by Gasteiger charge is 2.16. The van der Waals surface area contributed by atoms with Crippen LogP contribution in [0.3, 0.4) is 0 Å². The van der Waals surface area contributed by atoms with Gasteiger partial charge in [0.15, 0.2) is 0 Å². The summed E-state index contributed by atoms with van der Waals surface area (Å²) in [7, 11) is 0. The van der Waals surface area contributed by atoms with Crippen molar-refractivity contribution in [3.05, 3.63) is 69.8 Å². The second-order valence-corrected chi connectivity index (χ2v) is 4.46. The third-order valence-electron chi connectivity index (χ3n) is 3.01. The zero-order valence-corrected chi connectivity index (χ0v) is 11.2. The number of nitro groups is 1. The van der Waals surface area contributed by atoms with E-state index in [0.29, 0.717) is 13.0 Å². The van der Waals surface area contributed by atoms with Gasteiger partial charge in [0.2, 0.25) is 0 Å². The van der Waals surface area contributed by atoms with Crippen LogP contribution in [-0.2, 0) is 6.42 Å². The Morgan fingerprint density at radius 1 is 1.19 bits per heavy atom. The summed E-state index contributed by atoms with van der Waals surface area (Å²) < 4.78 is 0. The molecule has 0 bridgehead atoms. The maximum atomic E-state index is 11.0. The van der Waals surface area contributed by atoms with Gasteiger partial charge in [0, 0.05) is 12.6 Å². The molecule has 0 unspecified atom stereocenters. The molecular formula is C15H14N2O4. The average Bonchev–Trinajstić information content (AvgIpc) is 2.48. The maximum Gasteiger partial charge on any atom is 0.335 e. The van der Waals surface area contributed by atoms with E-state index >= 15 is 0 Å². The third kappa shape index (κ3) is 3.79. The van der Waals surface area contributed by atoms with E-state index in [1.807, 2.05) is 30.3 Å². The molecule has 0 aromatic heterocycles. The van der Waals surface area contributed by atoms with Crippen molar-refractivity contribution in [3.8, 4) is 0 Å². The highest BCUT2D eigenvalue weighted by atomic mass is 16.6. The van der Waals surface area contributed by atoms with E-state index in [1.165, 1.54) is 18.2 Å². The van der Waals surface area contributed by atoms with Crippen LogP contribution in [0.25, 0.3) is 0 Å². The van der Waals surface area contributed by atoms with Gasteiger partial charge in [-0.05, 0) is 24.1 Å². The van der Waals surface area contributed by atoms with Gasteiger partial charge in [-0.25, -0.2) is 4.79 Å². The number of rotatable bonds is 6. The van der Waals surface area contributed by atoms with Gasteiger partial charge < -0.3 is 10.4 Å². The smallest absolute Gasteiger partial charge is 0.335 e. The first kappa shape index (κ1) is 14.5. The molecule has 0 amide bonds. The van der Waals surface area contributed by atoms with E-state index in [2.05, 4.69) is 5.32 Å². The molecule has 0 heterocycles. The zero-order chi connectivity index (χ0) is 15.2. The summed E-state index contributed by atoms with van der Waals surface area (Å²) in [5.74, 6) is -1.11. The Hall–Kier alpha value is -2.89. The Balaban J connectivity index is 2.12. The molecule has 6 heteroatoms. The van der Waals surface area contributed by atoms with Crippen molar-refractivity contribution in [3.63, 3.8) is 0 Å². The van der Waals surface area contributed by atoms with Gasteiger partial charge >= 0.3 is 5.97 Å². The molecule has 2 N–H and O–H groups in total. The number of carboxylic acid groups (broad SMARTS) is 1. The van der Waals surface area contributed by atoms with Crippen LogP contribution in [-0.4, -0.2) is 22.5 Å². The first-order valence-corrected chi connectivity index (χ1v) is 6.37. The number of aromatic carboxylic acids is 1. The molecule has 108 valence electrons. The largest absolute Gasteiger partial charge is 0.478 e. The van der Waals surface area contributed by atoms with Crippen LogP contribution in [0, 0.1) is 10.1 Å². The number of nitro benzene ring substituents is 1. The Morgan fingerprint density at radius 3 is 2.52 bits per heavy atom. The van der Waals surface area contributed by atoms with E-state index in [4.69, 9.17) is 5.11 Å². The fraction of sp³-hybridized carbons (Fsp3) is 0.133. The first-order valence-electron chi connectivity index (χ1n) is 6.37. The van der Waals surface area contributed by atoms with Crippen LogP contribution in [0.15, 0.2) is 48.5 Å². The molecule has 0 aliphatic heterocycles.